The summed E-state index contributed by atoms with van der Waals surface area (Å²) in [6, 6.07) is 13.6. The van der Waals surface area contributed by atoms with Crippen LogP contribution in [0.4, 0.5) is 5.69 Å². The number of carbonyl (C=O) groups excluding carboxylic acids is 2. The number of hydrogen-bond acceptors (Lipinski definition) is 5. The second kappa shape index (κ2) is 8.36. The van der Waals surface area contributed by atoms with Crippen molar-refractivity contribution >= 4 is 40.9 Å². The van der Waals surface area contributed by atoms with Gasteiger partial charge < -0.3 is 10.2 Å². The van der Waals surface area contributed by atoms with Crippen LogP contribution in [0.3, 0.4) is 0 Å². The molecule has 2 aromatic carbocycles. The van der Waals surface area contributed by atoms with Crippen molar-refractivity contribution in [1.82, 2.24) is 20.1 Å². The smallest absolute Gasteiger partial charge is 0.255 e. The van der Waals surface area contributed by atoms with Crippen molar-refractivity contribution < 1.29 is 9.59 Å². The molecule has 31 heavy (non-hydrogen) atoms. The molecule has 1 saturated carbocycles. The van der Waals surface area contributed by atoms with Crippen LogP contribution in [-0.4, -0.2) is 49.6 Å². The summed E-state index contributed by atoms with van der Waals surface area (Å²) in [5.41, 5.74) is 2.07. The summed E-state index contributed by atoms with van der Waals surface area (Å²) in [6.07, 6.45) is 2.33. The van der Waals surface area contributed by atoms with Crippen molar-refractivity contribution in [3.63, 3.8) is 0 Å². The minimum Gasteiger partial charge on any atom is -0.324 e. The van der Waals surface area contributed by atoms with E-state index in [1.165, 1.54) is 0 Å². The molecular formula is C22H20ClN5O2S. The van der Waals surface area contributed by atoms with Gasteiger partial charge in [-0.2, -0.15) is 5.10 Å². The first kappa shape index (κ1) is 20.1. The van der Waals surface area contributed by atoms with E-state index in [-0.39, 0.29) is 11.8 Å². The number of H-pyrrole nitrogens is 1. The van der Waals surface area contributed by atoms with Crippen LogP contribution in [0.15, 0.2) is 48.5 Å². The number of anilines is 1. The van der Waals surface area contributed by atoms with Gasteiger partial charge in [-0.1, -0.05) is 11.6 Å². The van der Waals surface area contributed by atoms with Crippen LogP contribution < -0.4 is 5.32 Å². The molecule has 3 aromatic rings. The van der Waals surface area contributed by atoms with E-state index in [1.54, 1.807) is 40.9 Å². The van der Waals surface area contributed by atoms with E-state index in [0.29, 0.717) is 39.6 Å². The minimum absolute atomic E-state index is 0.173. The molecule has 1 atom stereocenters. The van der Waals surface area contributed by atoms with E-state index in [2.05, 4.69) is 20.5 Å². The molecule has 1 aliphatic carbocycles. The van der Waals surface area contributed by atoms with Crippen LogP contribution in [-0.2, 0) is 4.79 Å². The number of benzene rings is 2. The number of rotatable bonds is 5. The Morgan fingerprint density at radius 1 is 1.10 bits per heavy atom. The van der Waals surface area contributed by atoms with Gasteiger partial charge in [-0.15, -0.1) is 11.8 Å². The summed E-state index contributed by atoms with van der Waals surface area (Å²) in [5, 5.41) is 10.8. The molecule has 0 spiro atoms. The van der Waals surface area contributed by atoms with E-state index in [4.69, 9.17) is 11.6 Å². The molecule has 5 rings (SSSR count). The summed E-state index contributed by atoms with van der Waals surface area (Å²) >= 11 is 7.47. The SMILES string of the molecule is O=C(Nc1ccc(-c2n[nH]c(C3CC3)n2)cc1)C1CSCN1C(=O)c1ccc(Cl)cc1. The second-order valence-corrected chi connectivity index (χ2v) is 9.12. The lowest BCUT2D eigenvalue weighted by Crippen LogP contribution is -2.44. The van der Waals surface area contributed by atoms with Gasteiger partial charge in [-0.25, -0.2) is 4.98 Å². The molecule has 2 aliphatic rings. The van der Waals surface area contributed by atoms with Gasteiger partial charge in [0, 0.05) is 33.5 Å². The van der Waals surface area contributed by atoms with Crippen molar-refractivity contribution in [2.75, 3.05) is 16.9 Å². The Balaban J connectivity index is 1.25. The molecule has 1 unspecified atom stereocenters. The summed E-state index contributed by atoms with van der Waals surface area (Å²) in [4.78, 5) is 31.9. The van der Waals surface area contributed by atoms with Gasteiger partial charge in [0.15, 0.2) is 5.82 Å². The maximum atomic E-state index is 12.9. The average Bonchev–Trinajstić information content (AvgIpc) is 3.31. The van der Waals surface area contributed by atoms with Crippen molar-refractivity contribution in [3.8, 4) is 11.4 Å². The zero-order valence-corrected chi connectivity index (χ0v) is 18.1. The topological polar surface area (TPSA) is 91.0 Å². The lowest BCUT2D eigenvalue weighted by atomic mass is 10.1. The number of hydrogen-bond donors (Lipinski definition) is 2. The van der Waals surface area contributed by atoms with Crippen LogP contribution in [0.2, 0.25) is 5.02 Å². The summed E-state index contributed by atoms with van der Waals surface area (Å²) in [5.74, 6) is 2.78. The first-order chi connectivity index (χ1) is 15.1. The van der Waals surface area contributed by atoms with Crippen molar-refractivity contribution in [2.24, 2.45) is 0 Å². The van der Waals surface area contributed by atoms with E-state index < -0.39 is 6.04 Å². The third-order valence-corrected chi connectivity index (χ3v) is 6.68. The lowest BCUT2D eigenvalue weighted by Gasteiger charge is -2.23. The van der Waals surface area contributed by atoms with Crippen LogP contribution in [0.1, 0.15) is 34.9 Å². The van der Waals surface area contributed by atoms with Crippen LogP contribution >= 0.6 is 23.4 Å². The number of halogens is 1. The van der Waals surface area contributed by atoms with Gasteiger partial charge >= 0.3 is 0 Å². The number of nitrogens with zero attached hydrogens (tertiary/aromatic N) is 3. The first-order valence-corrected chi connectivity index (χ1v) is 11.6. The number of aromatic nitrogens is 3. The van der Waals surface area contributed by atoms with Crippen molar-refractivity contribution in [2.45, 2.75) is 24.8 Å². The van der Waals surface area contributed by atoms with Crippen molar-refractivity contribution in [3.05, 3.63) is 64.9 Å². The van der Waals surface area contributed by atoms with Crippen LogP contribution in [0, 0.1) is 0 Å². The monoisotopic (exact) mass is 453 g/mol. The summed E-state index contributed by atoms with van der Waals surface area (Å²) in [6.45, 7) is 0. The molecular weight excluding hydrogens is 434 g/mol. The quantitative estimate of drug-likeness (QED) is 0.605. The zero-order chi connectivity index (χ0) is 21.4. The fraction of sp³-hybridized carbons (Fsp3) is 0.273. The van der Waals surface area contributed by atoms with Gasteiger partial charge in [0.1, 0.15) is 11.9 Å². The van der Waals surface area contributed by atoms with E-state index >= 15 is 0 Å². The average molecular weight is 454 g/mol. The number of carbonyl (C=O) groups is 2. The van der Waals surface area contributed by atoms with Crippen molar-refractivity contribution in [1.29, 1.82) is 0 Å². The number of aromatic amines is 1. The molecule has 1 saturated heterocycles. The van der Waals surface area contributed by atoms with Gasteiger partial charge in [0.25, 0.3) is 5.91 Å². The number of thioether (sulfide) groups is 1. The molecule has 2 amide bonds. The molecule has 1 aromatic heterocycles. The fourth-order valence-corrected chi connectivity index (χ4v) is 4.77. The zero-order valence-electron chi connectivity index (χ0n) is 16.5. The molecule has 2 N–H and O–H groups in total. The van der Waals surface area contributed by atoms with Gasteiger partial charge in [0.05, 0.1) is 5.88 Å². The van der Waals surface area contributed by atoms with Crippen LogP contribution in [0.25, 0.3) is 11.4 Å². The normalized spacial score (nSPS) is 18.2. The molecule has 2 heterocycles. The molecule has 9 heteroatoms. The first-order valence-electron chi connectivity index (χ1n) is 10.1. The Labute approximate surface area is 188 Å². The third kappa shape index (κ3) is 4.31. The molecule has 1 aliphatic heterocycles. The van der Waals surface area contributed by atoms with Gasteiger partial charge in [-0.05, 0) is 61.4 Å². The Kier molecular flexibility index (Phi) is 5.41. The summed E-state index contributed by atoms with van der Waals surface area (Å²) in [7, 11) is 0. The largest absolute Gasteiger partial charge is 0.324 e. The Hall–Kier alpha value is -2.84. The predicted octanol–water partition coefficient (Wildman–Crippen LogP) is 4.16. The Bertz CT molecular complexity index is 1110. The maximum absolute atomic E-state index is 12.9. The van der Waals surface area contributed by atoms with Gasteiger partial charge in [0.2, 0.25) is 5.91 Å². The van der Waals surface area contributed by atoms with E-state index in [1.807, 2.05) is 24.3 Å². The number of amides is 2. The Morgan fingerprint density at radius 2 is 1.84 bits per heavy atom. The molecule has 158 valence electrons. The molecule has 0 radical (unpaired) electrons. The molecule has 0 bridgehead atoms. The predicted molar refractivity (Wildman–Crippen MR) is 121 cm³/mol. The highest BCUT2D eigenvalue weighted by Crippen LogP contribution is 2.38. The van der Waals surface area contributed by atoms with Crippen LogP contribution in [0.5, 0.6) is 0 Å². The molecule has 2 fully saturated rings. The van der Waals surface area contributed by atoms with Gasteiger partial charge in [-0.3, -0.25) is 14.7 Å². The van der Waals surface area contributed by atoms with E-state index in [9.17, 15) is 9.59 Å². The minimum atomic E-state index is -0.526. The number of nitrogens with one attached hydrogen (secondary N) is 2. The third-order valence-electron chi connectivity index (χ3n) is 5.41. The maximum Gasteiger partial charge on any atom is 0.255 e. The highest BCUT2D eigenvalue weighted by atomic mass is 35.5. The standard InChI is InChI=1S/C22H20ClN5O2S/c23-16-7-3-15(4-8-16)22(30)28-12-31-11-18(28)21(29)24-17-9-5-14(6-10-17)20-25-19(26-27-20)13-1-2-13/h3-10,13,18H,1-2,11-12H2,(H,24,29)(H,25,26,27). The fourth-order valence-electron chi connectivity index (χ4n) is 3.49. The highest BCUT2D eigenvalue weighted by molar-refractivity contribution is 7.99. The highest BCUT2D eigenvalue weighted by Gasteiger charge is 2.35. The Morgan fingerprint density at radius 3 is 2.55 bits per heavy atom. The summed E-state index contributed by atoms with van der Waals surface area (Å²) < 4.78 is 0. The van der Waals surface area contributed by atoms with E-state index in [0.717, 1.165) is 24.2 Å². The lowest BCUT2D eigenvalue weighted by molar-refractivity contribution is -0.119. The molecule has 7 nitrogen and oxygen atoms in total. The second-order valence-electron chi connectivity index (χ2n) is 7.68.